The van der Waals surface area contributed by atoms with Crippen molar-refractivity contribution < 1.29 is 13.2 Å². The number of rotatable bonds is 7. The minimum atomic E-state index is -3.46. The number of carbonyl (C=O) groups excluding carboxylic acids is 1. The molecule has 1 atom stereocenters. The molecule has 0 saturated carbocycles. The molecule has 3 rings (SSSR count). The van der Waals surface area contributed by atoms with Crippen molar-refractivity contribution in [1.82, 2.24) is 5.32 Å². The molecule has 3 aromatic rings. The summed E-state index contributed by atoms with van der Waals surface area (Å²) in [4.78, 5) is 12.8. The van der Waals surface area contributed by atoms with Gasteiger partial charge in [0.1, 0.15) is 0 Å². The van der Waals surface area contributed by atoms with Gasteiger partial charge in [-0.25, -0.2) is 8.42 Å². The molecule has 3 aromatic carbocycles. The Labute approximate surface area is 203 Å². The molecule has 0 heterocycles. The fourth-order valence-electron chi connectivity index (χ4n) is 3.75. The van der Waals surface area contributed by atoms with Gasteiger partial charge in [-0.2, -0.15) is 0 Å². The van der Waals surface area contributed by atoms with E-state index in [1.165, 1.54) is 16.1 Å². The largest absolute Gasteiger partial charge is 0.346 e. The normalized spacial score (nSPS) is 12.8. The maximum Gasteiger partial charge on any atom is 0.251 e. The van der Waals surface area contributed by atoms with Crippen LogP contribution < -0.4 is 9.62 Å². The second kappa shape index (κ2) is 10.0. The number of hydrogen-bond acceptors (Lipinski definition) is 3. The maximum atomic E-state index is 12.8. The second-order valence-corrected chi connectivity index (χ2v) is 11.8. The number of sulfonamides is 1. The Balaban J connectivity index is 1.70. The van der Waals surface area contributed by atoms with Gasteiger partial charge < -0.3 is 5.32 Å². The van der Waals surface area contributed by atoms with E-state index in [2.05, 4.69) is 50.4 Å². The molecule has 5 nitrogen and oxygen atoms in total. The SMILES string of the molecule is Cc1cccc(N(Cc2ccc(C(=O)NC(C)c3ccc(C(C)(C)C)cc3)cc2)S(C)(=O)=O)c1. The first-order valence-electron chi connectivity index (χ1n) is 11.4. The highest BCUT2D eigenvalue weighted by Gasteiger charge is 2.19. The predicted octanol–water partition coefficient (Wildman–Crippen LogP) is 5.75. The average Bonchev–Trinajstić information content (AvgIpc) is 2.76. The standard InChI is InChI=1S/C28H34N2O3S/c1-20-8-7-9-26(18-20)30(34(6,32)33)19-22-10-12-24(13-11-22)27(31)29-21(2)23-14-16-25(17-15-23)28(3,4)5/h7-18,21H,19H2,1-6H3,(H,29,31). The van der Waals surface area contributed by atoms with Crippen LogP contribution in [0.4, 0.5) is 5.69 Å². The van der Waals surface area contributed by atoms with Crippen molar-refractivity contribution >= 4 is 21.6 Å². The van der Waals surface area contributed by atoms with E-state index in [1.54, 1.807) is 30.3 Å². The van der Waals surface area contributed by atoms with Crippen molar-refractivity contribution in [2.45, 2.75) is 52.6 Å². The molecule has 1 unspecified atom stereocenters. The van der Waals surface area contributed by atoms with Gasteiger partial charge in [0.25, 0.3) is 5.91 Å². The van der Waals surface area contributed by atoms with E-state index in [-0.39, 0.29) is 23.9 Å². The van der Waals surface area contributed by atoms with E-state index < -0.39 is 10.0 Å². The molecular formula is C28H34N2O3S. The lowest BCUT2D eigenvalue weighted by Gasteiger charge is -2.23. The van der Waals surface area contributed by atoms with Gasteiger partial charge in [0.05, 0.1) is 24.5 Å². The number of aryl methyl sites for hydroxylation is 1. The average molecular weight is 479 g/mol. The Hall–Kier alpha value is -3.12. The molecule has 0 spiro atoms. The van der Waals surface area contributed by atoms with Gasteiger partial charge in [0.15, 0.2) is 0 Å². The fourth-order valence-corrected chi connectivity index (χ4v) is 4.63. The molecule has 0 fully saturated rings. The molecule has 34 heavy (non-hydrogen) atoms. The molecule has 0 aliphatic carbocycles. The van der Waals surface area contributed by atoms with Gasteiger partial charge in [0, 0.05) is 5.56 Å². The van der Waals surface area contributed by atoms with Gasteiger partial charge >= 0.3 is 0 Å². The van der Waals surface area contributed by atoms with Gasteiger partial charge in [0.2, 0.25) is 10.0 Å². The monoisotopic (exact) mass is 478 g/mol. The van der Waals surface area contributed by atoms with Crippen LogP contribution in [0.3, 0.4) is 0 Å². The second-order valence-electron chi connectivity index (χ2n) is 9.87. The zero-order chi connectivity index (χ0) is 25.1. The predicted molar refractivity (Wildman–Crippen MR) is 140 cm³/mol. The number of anilines is 1. The summed E-state index contributed by atoms with van der Waals surface area (Å²) in [5, 5.41) is 3.04. The summed E-state index contributed by atoms with van der Waals surface area (Å²) in [7, 11) is -3.46. The third-order valence-electron chi connectivity index (χ3n) is 5.86. The third-order valence-corrected chi connectivity index (χ3v) is 7.00. The molecule has 0 aliphatic rings. The highest BCUT2D eigenvalue weighted by atomic mass is 32.2. The van der Waals surface area contributed by atoms with Crippen LogP contribution in [0.15, 0.2) is 72.8 Å². The van der Waals surface area contributed by atoms with Crippen LogP contribution in [0.2, 0.25) is 0 Å². The molecule has 1 N–H and O–H groups in total. The maximum absolute atomic E-state index is 12.8. The number of nitrogens with zero attached hydrogens (tertiary/aromatic N) is 1. The highest BCUT2D eigenvalue weighted by Crippen LogP contribution is 2.25. The Bertz CT molecular complexity index is 1240. The summed E-state index contributed by atoms with van der Waals surface area (Å²) in [5.74, 6) is -0.169. The molecule has 0 aliphatic heterocycles. The summed E-state index contributed by atoms with van der Waals surface area (Å²) in [6, 6.07) is 22.6. The van der Waals surface area contributed by atoms with Crippen LogP contribution in [0.5, 0.6) is 0 Å². The molecule has 0 radical (unpaired) electrons. The molecule has 6 heteroatoms. The number of amides is 1. The first-order valence-corrected chi connectivity index (χ1v) is 13.2. The lowest BCUT2D eigenvalue weighted by atomic mass is 9.86. The Kier molecular flexibility index (Phi) is 7.51. The van der Waals surface area contributed by atoms with E-state index in [0.29, 0.717) is 11.3 Å². The first kappa shape index (κ1) is 25.5. The van der Waals surface area contributed by atoms with E-state index >= 15 is 0 Å². The summed E-state index contributed by atoms with van der Waals surface area (Å²) >= 11 is 0. The van der Waals surface area contributed by atoms with Crippen LogP contribution in [-0.4, -0.2) is 20.6 Å². The zero-order valence-corrected chi connectivity index (χ0v) is 21.6. The van der Waals surface area contributed by atoms with Gasteiger partial charge in [-0.3, -0.25) is 9.10 Å². The highest BCUT2D eigenvalue weighted by molar-refractivity contribution is 7.92. The number of nitrogens with one attached hydrogen (secondary N) is 1. The van der Waals surface area contributed by atoms with Crippen molar-refractivity contribution in [1.29, 1.82) is 0 Å². The zero-order valence-electron chi connectivity index (χ0n) is 20.8. The summed E-state index contributed by atoms with van der Waals surface area (Å²) in [5.41, 5.74) is 5.31. The summed E-state index contributed by atoms with van der Waals surface area (Å²) in [6.07, 6.45) is 1.20. The fraction of sp³-hybridized carbons (Fsp3) is 0.321. The minimum Gasteiger partial charge on any atom is -0.346 e. The van der Waals surface area contributed by atoms with Crippen molar-refractivity contribution in [3.05, 3.63) is 101 Å². The molecule has 180 valence electrons. The van der Waals surface area contributed by atoms with Gasteiger partial charge in [-0.15, -0.1) is 0 Å². The van der Waals surface area contributed by atoms with E-state index in [1.807, 2.05) is 32.0 Å². The Morgan fingerprint density at radius 1 is 0.971 bits per heavy atom. The van der Waals surface area contributed by atoms with E-state index in [4.69, 9.17) is 0 Å². The first-order chi connectivity index (χ1) is 15.8. The van der Waals surface area contributed by atoms with Gasteiger partial charge in [-0.1, -0.05) is 69.3 Å². The van der Waals surface area contributed by atoms with Crippen LogP contribution in [-0.2, 0) is 22.0 Å². The van der Waals surface area contributed by atoms with Crippen LogP contribution >= 0.6 is 0 Å². The van der Waals surface area contributed by atoms with Crippen LogP contribution in [0.1, 0.15) is 66.3 Å². The van der Waals surface area contributed by atoms with Crippen molar-refractivity contribution in [2.24, 2.45) is 0 Å². The van der Waals surface area contributed by atoms with Gasteiger partial charge in [-0.05, 0) is 65.8 Å². The topological polar surface area (TPSA) is 66.5 Å². The lowest BCUT2D eigenvalue weighted by molar-refractivity contribution is 0.0940. The van der Waals surface area contributed by atoms with Crippen LogP contribution in [0.25, 0.3) is 0 Å². The molecule has 0 bridgehead atoms. The molecular weight excluding hydrogens is 444 g/mol. The van der Waals surface area contributed by atoms with Crippen molar-refractivity contribution in [3.63, 3.8) is 0 Å². The Morgan fingerprint density at radius 3 is 2.12 bits per heavy atom. The molecule has 1 amide bonds. The third kappa shape index (κ3) is 6.48. The van der Waals surface area contributed by atoms with E-state index in [0.717, 1.165) is 16.7 Å². The van der Waals surface area contributed by atoms with Crippen molar-refractivity contribution in [2.75, 3.05) is 10.6 Å². The Morgan fingerprint density at radius 2 is 1.59 bits per heavy atom. The molecule has 0 saturated heterocycles. The number of carbonyl (C=O) groups is 1. The lowest BCUT2D eigenvalue weighted by Crippen LogP contribution is -2.29. The van der Waals surface area contributed by atoms with E-state index in [9.17, 15) is 13.2 Å². The molecule has 0 aromatic heterocycles. The number of benzene rings is 3. The summed E-state index contributed by atoms with van der Waals surface area (Å²) in [6.45, 7) is 10.6. The quantitative estimate of drug-likeness (QED) is 0.470. The number of hydrogen-bond donors (Lipinski definition) is 1. The minimum absolute atomic E-state index is 0.0821. The van der Waals surface area contributed by atoms with Crippen LogP contribution in [0, 0.1) is 6.92 Å². The van der Waals surface area contributed by atoms with Crippen molar-refractivity contribution in [3.8, 4) is 0 Å². The smallest absolute Gasteiger partial charge is 0.251 e. The summed E-state index contributed by atoms with van der Waals surface area (Å²) < 4.78 is 26.2.